The van der Waals surface area contributed by atoms with Crippen molar-refractivity contribution in [2.45, 2.75) is 44.9 Å². The van der Waals surface area contributed by atoms with Crippen molar-refractivity contribution in [1.29, 1.82) is 0 Å². The van der Waals surface area contributed by atoms with Crippen LogP contribution in [0.15, 0.2) is 36.5 Å². The van der Waals surface area contributed by atoms with Crippen LogP contribution in [0.5, 0.6) is 0 Å². The van der Waals surface area contributed by atoms with Crippen LogP contribution >= 0.6 is 0 Å². The van der Waals surface area contributed by atoms with Crippen LogP contribution in [0, 0.1) is 12.8 Å². The van der Waals surface area contributed by atoms with Gasteiger partial charge in [-0.3, -0.25) is 9.78 Å². The Kier molecular flexibility index (Phi) is 4.31. The average Bonchev–Trinajstić information content (AvgIpc) is 3.39. The quantitative estimate of drug-likeness (QED) is 0.797. The average molecular weight is 323 g/mol. The number of nitrogens with zero attached hydrogens (tertiary/aromatic N) is 1. The predicted octanol–water partition coefficient (Wildman–Crippen LogP) is 3.57. The fraction of sp³-hybridized carbons (Fsp3) is 0.400. The number of rotatable bonds is 6. The summed E-state index contributed by atoms with van der Waals surface area (Å²) < 4.78 is 0. The highest BCUT2D eigenvalue weighted by Gasteiger charge is 2.32. The summed E-state index contributed by atoms with van der Waals surface area (Å²) in [6.45, 7) is 4.25. The molecule has 1 aromatic heterocycles. The van der Waals surface area contributed by atoms with Crippen LogP contribution < -0.4 is 11.5 Å². The second-order valence-corrected chi connectivity index (χ2v) is 7.18. The highest BCUT2D eigenvalue weighted by molar-refractivity contribution is 5.90. The number of aryl methyl sites for hydroxylation is 1. The number of carbonyl (C=O) groups excluding carboxylic acids is 1. The number of carbonyl (C=O) groups is 1. The maximum atomic E-state index is 11.3. The molecule has 1 amide bonds. The summed E-state index contributed by atoms with van der Waals surface area (Å²) in [6.07, 6.45) is 6.69. The summed E-state index contributed by atoms with van der Waals surface area (Å²) in [4.78, 5) is 15.5. The normalized spacial score (nSPS) is 16.6. The van der Waals surface area contributed by atoms with E-state index in [1.54, 1.807) is 12.3 Å². The first-order valence-electron chi connectivity index (χ1n) is 8.53. The van der Waals surface area contributed by atoms with Gasteiger partial charge in [0, 0.05) is 17.3 Å². The van der Waals surface area contributed by atoms with Crippen molar-refractivity contribution < 1.29 is 4.79 Å². The Morgan fingerprint density at radius 3 is 2.50 bits per heavy atom. The lowest BCUT2D eigenvalue weighted by molar-refractivity contribution is 0.0995. The van der Waals surface area contributed by atoms with Crippen LogP contribution in [0.3, 0.4) is 0 Å². The second-order valence-electron chi connectivity index (χ2n) is 7.18. The van der Waals surface area contributed by atoms with Crippen LogP contribution in [0.1, 0.15) is 59.8 Å². The zero-order chi connectivity index (χ0) is 17.3. The van der Waals surface area contributed by atoms with Gasteiger partial charge in [0.15, 0.2) is 0 Å². The molecule has 2 aromatic rings. The smallest absolute Gasteiger partial charge is 0.267 e. The minimum absolute atomic E-state index is 0.173. The number of primary amides is 1. The number of pyridine rings is 1. The van der Waals surface area contributed by atoms with E-state index in [0.29, 0.717) is 5.69 Å². The molecule has 1 unspecified atom stereocenters. The number of anilines is 1. The maximum Gasteiger partial charge on any atom is 0.267 e. The van der Waals surface area contributed by atoms with Gasteiger partial charge in [-0.2, -0.15) is 0 Å². The first kappa shape index (κ1) is 16.5. The summed E-state index contributed by atoms with van der Waals surface area (Å²) in [5.74, 6) is 0.353. The molecule has 4 nitrogen and oxygen atoms in total. The van der Waals surface area contributed by atoms with Gasteiger partial charge in [0.25, 0.3) is 5.91 Å². The Morgan fingerprint density at radius 2 is 1.96 bits per heavy atom. The van der Waals surface area contributed by atoms with Gasteiger partial charge in [-0.05, 0) is 54.5 Å². The number of benzene rings is 1. The number of nitrogen functional groups attached to an aromatic ring is 1. The molecule has 3 rings (SSSR count). The third kappa shape index (κ3) is 3.28. The summed E-state index contributed by atoms with van der Waals surface area (Å²) in [5.41, 5.74) is 15.8. The summed E-state index contributed by atoms with van der Waals surface area (Å²) >= 11 is 0. The molecule has 1 fully saturated rings. The minimum atomic E-state index is -0.499. The Labute approximate surface area is 143 Å². The van der Waals surface area contributed by atoms with Crippen molar-refractivity contribution in [3.63, 3.8) is 0 Å². The zero-order valence-corrected chi connectivity index (χ0v) is 14.4. The number of nitrogens with two attached hydrogens (primary N) is 2. The molecule has 1 aliphatic rings. The molecule has 1 atom stereocenters. The van der Waals surface area contributed by atoms with Gasteiger partial charge in [0.1, 0.15) is 5.69 Å². The van der Waals surface area contributed by atoms with E-state index in [9.17, 15) is 4.79 Å². The molecule has 0 bridgehead atoms. The second kappa shape index (κ2) is 6.27. The van der Waals surface area contributed by atoms with Gasteiger partial charge >= 0.3 is 0 Å². The molecule has 1 aliphatic carbocycles. The Balaban J connectivity index is 1.99. The molecular formula is C20H25N3O. The number of hydrogen-bond acceptors (Lipinski definition) is 3. The van der Waals surface area contributed by atoms with E-state index < -0.39 is 5.91 Å². The fourth-order valence-corrected chi connectivity index (χ4v) is 3.20. The molecule has 126 valence electrons. The molecule has 1 heterocycles. The molecule has 1 aromatic carbocycles. The molecular weight excluding hydrogens is 298 g/mol. The molecule has 4 N–H and O–H groups in total. The van der Waals surface area contributed by atoms with Gasteiger partial charge in [-0.15, -0.1) is 0 Å². The monoisotopic (exact) mass is 323 g/mol. The third-order valence-electron chi connectivity index (χ3n) is 5.32. The number of hydrogen-bond donors (Lipinski definition) is 2. The highest BCUT2D eigenvalue weighted by Crippen LogP contribution is 2.42. The standard InChI is InChI=1S/C20H25N3O/c1-13-3-6-15(11-17(13)21)20(2,10-9-14-4-5-14)16-7-8-18(19(22)24)23-12-16/h3,6-8,11-12,14H,4-5,9-10,21H2,1-2H3,(H2,22,24). The zero-order valence-electron chi connectivity index (χ0n) is 14.4. The van der Waals surface area contributed by atoms with E-state index in [2.05, 4.69) is 30.1 Å². The Bertz CT molecular complexity index is 750. The first-order chi connectivity index (χ1) is 11.4. The van der Waals surface area contributed by atoms with Crippen molar-refractivity contribution in [1.82, 2.24) is 4.98 Å². The molecule has 0 aliphatic heterocycles. The van der Waals surface area contributed by atoms with Crippen LogP contribution in [-0.4, -0.2) is 10.9 Å². The molecule has 1 saturated carbocycles. The van der Waals surface area contributed by atoms with Gasteiger partial charge in [0.2, 0.25) is 0 Å². The molecule has 0 radical (unpaired) electrons. The minimum Gasteiger partial charge on any atom is -0.399 e. The molecule has 0 spiro atoms. The number of amides is 1. The topological polar surface area (TPSA) is 82.0 Å². The summed E-state index contributed by atoms with van der Waals surface area (Å²) in [6, 6.07) is 9.98. The Hall–Kier alpha value is -2.36. The summed E-state index contributed by atoms with van der Waals surface area (Å²) in [7, 11) is 0. The van der Waals surface area contributed by atoms with Crippen molar-refractivity contribution in [2.75, 3.05) is 5.73 Å². The maximum absolute atomic E-state index is 11.3. The SMILES string of the molecule is Cc1ccc(C(C)(CCC2CC2)c2ccc(C(N)=O)nc2)cc1N. The van der Waals surface area contributed by atoms with Crippen molar-refractivity contribution >= 4 is 11.6 Å². The van der Waals surface area contributed by atoms with E-state index in [-0.39, 0.29) is 5.41 Å². The van der Waals surface area contributed by atoms with Gasteiger partial charge in [0.05, 0.1) is 0 Å². The van der Waals surface area contributed by atoms with Crippen LogP contribution in [0.2, 0.25) is 0 Å². The van der Waals surface area contributed by atoms with Crippen molar-refractivity contribution in [3.05, 3.63) is 58.9 Å². The lowest BCUT2D eigenvalue weighted by Crippen LogP contribution is -2.25. The van der Waals surface area contributed by atoms with E-state index in [1.165, 1.54) is 24.8 Å². The van der Waals surface area contributed by atoms with Crippen molar-refractivity contribution in [2.24, 2.45) is 11.7 Å². The largest absolute Gasteiger partial charge is 0.399 e. The van der Waals surface area contributed by atoms with E-state index in [0.717, 1.165) is 29.2 Å². The Morgan fingerprint density at radius 1 is 1.25 bits per heavy atom. The highest BCUT2D eigenvalue weighted by atomic mass is 16.1. The van der Waals surface area contributed by atoms with E-state index in [4.69, 9.17) is 11.5 Å². The van der Waals surface area contributed by atoms with Crippen molar-refractivity contribution in [3.8, 4) is 0 Å². The predicted molar refractivity (Wildman–Crippen MR) is 96.8 cm³/mol. The van der Waals surface area contributed by atoms with Gasteiger partial charge in [-0.25, -0.2) is 0 Å². The molecule has 24 heavy (non-hydrogen) atoms. The van der Waals surface area contributed by atoms with Crippen LogP contribution in [0.25, 0.3) is 0 Å². The van der Waals surface area contributed by atoms with Gasteiger partial charge < -0.3 is 11.5 Å². The van der Waals surface area contributed by atoms with Crippen LogP contribution in [0.4, 0.5) is 5.69 Å². The lowest BCUT2D eigenvalue weighted by Gasteiger charge is -2.31. The van der Waals surface area contributed by atoms with E-state index in [1.807, 2.05) is 13.0 Å². The van der Waals surface area contributed by atoms with Gasteiger partial charge in [-0.1, -0.05) is 38.0 Å². The summed E-state index contributed by atoms with van der Waals surface area (Å²) in [5, 5.41) is 0. The third-order valence-corrected chi connectivity index (χ3v) is 5.32. The molecule has 0 saturated heterocycles. The fourth-order valence-electron chi connectivity index (χ4n) is 3.20. The number of aromatic nitrogens is 1. The van der Waals surface area contributed by atoms with E-state index >= 15 is 0 Å². The van der Waals surface area contributed by atoms with Crippen LogP contribution in [-0.2, 0) is 5.41 Å². The first-order valence-corrected chi connectivity index (χ1v) is 8.53. The lowest BCUT2D eigenvalue weighted by atomic mass is 9.72. The molecule has 4 heteroatoms.